The van der Waals surface area contributed by atoms with Crippen LogP contribution in [0.5, 0.6) is 0 Å². The summed E-state index contributed by atoms with van der Waals surface area (Å²) in [6, 6.07) is 18.2. The van der Waals surface area contributed by atoms with Crippen molar-refractivity contribution in [2.24, 2.45) is 16.1 Å². The number of likely N-dealkylation sites (N-methyl/N-ethyl adjacent to an activating group) is 1. The SMILES string of the molecule is CN1CCN(N=Nc2ccc(-c3cc(-c4ccc(N(C)C)cc4)c4c(NC(N)=S)nc(=S)[nH]c4n3)cc2)CC1. The number of rotatable bonds is 6. The highest BCUT2D eigenvalue weighted by molar-refractivity contribution is 7.80. The fourth-order valence-corrected chi connectivity index (χ4v) is 4.67. The summed E-state index contributed by atoms with van der Waals surface area (Å²) in [6.07, 6.45) is 0. The lowest BCUT2D eigenvalue weighted by Gasteiger charge is -2.29. The summed E-state index contributed by atoms with van der Waals surface area (Å²) in [5.41, 5.74) is 11.9. The molecule has 0 amide bonds. The Morgan fingerprint density at radius 2 is 1.67 bits per heavy atom. The van der Waals surface area contributed by atoms with E-state index in [0.29, 0.717) is 11.5 Å². The first-order valence-electron chi connectivity index (χ1n) is 12.5. The summed E-state index contributed by atoms with van der Waals surface area (Å²) in [5, 5.41) is 14.7. The highest BCUT2D eigenvalue weighted by Gasteiger charge is 2.16. The zero-order valence-electron chi connectivity index (χ0n) is 22.0. The third-order valence-corrected chi connectivity index (χ3v) is 6.86. The van der Waals surface area contributed by atoms with Gasteiger partial charge >= 0.3 is 0 Å². The van der Waals surface area contributed by atoms with Crippen molar-refractivity contribution in [1.82, 2.24) is 24.9 Å². The van der Waals surface area contributed by atoms with Crippen LogP contribution in [-0.2, 0) is 0 Å². The van der Waals surface area contributed by atoms with Crippen molar-refractivity contribution in [2.75, 3.05) is 57.5 Å². The molecule has 1 fully saturated rings. The number of aromatic amines is 1. The van der Waals surface area contributed by atoms with Gasteiger partial charge in [0.1, 0.15) is 11.5 Å². The van der Waals surface area contributed by atoms with E-state index in [1.54, 1.807) is 0 Å². The summed E-state index contributed by atoms with van der Waals surface area (Å²) in [7, 11) is 6.14. The summed E-state index contributed by atoms with van der Waals surface area (Å²) in [4.78, 5) is 16.8. The Kier molecular flexibility index (Phi) is 7.77. The lowest BCUT2D eigenvalue weighted by atomic mass is 9.99. The maximum absolute atomic E-state index is 5.81. The number of aromatic nitrogens is 3. The van der Waals surface area contributed by atoms with E-state index in [1.165, 1.54) is 0 Å². The highest BCUT2D eigenvalue weighted by Crippen LogP contribution is 2.36. The van der Waals surface area contributed by atoms with E-state index >= 15 is 0 Å². The van der Waals surface area contributed by atoms with E-state index in [-0.39, 0.29) is 9.88 Å². The number of nitrogens with one attached hydrogen (secondary N) is 2. The smallest absolute Gasteiger partial charge is 0.200 e. The first-order valence-corrected chi connectivity index (χ1v) is 13.3. The zero-order chi connectivity index (χ0) is 27.5. The van der Waals surface area contributed by atoms with Gasteiger partial charge in [-0.2, -0.15) is 0 Å². The van der Waals surface area contributed by atoms with E-state index in [9.17, 15) is 0 Å². The molecule has 12 heteroatoms. The maximum atomic E-state index is 5.81. The molecule has 4 N–H and O–H groups in total. The van der Waals surface area contributed by atoms with Crippen LogP contribution in [-0.4, -0.2) is 77.3 Å². The minimum atomic E-state index is 0.101. The fourth-order valence-electron chi connectivity index (χ4n) is 4.38. The van der Waals surface area contributed by atoms with Crippen molar-refractivity contribution in [3.05, 3.63) is 59.4 Å². The van der Waals surface area contributed by atoms with Crippen molar-refractivity contribution in [1.29, 1.82) is 0 Å². The standard InChI is InChI=1S/C27H30N10S2/c1-35(2)20-10-6-17(7-11-20)21-16-22(29-24-23(21)25(30-26(28)38)32-27(39)31-24)18-4-8-19(9-5-18)33-34-37-14-12-36(3)13-15-37/h4-11,16H,12-15H2,1-3H3,(H4,28,29,30,31,32,38,39). The van der Waals surface area contributed by atoms with Gasteiger partial charge in [-0.05, 0) is 72.9 Å². The molecule has 3 heterocycles. The van der Waals surface area contributed by atoms with Crippen LogP contribution in [0.4, 0.5) is 17.2 Å². The molecule has 5 rings (SSSR count). The van der Waals surface area contributed by atoms with E-state index in [0.717, 1.165) is 65.3 Å². The van der Waals surface area contributed by atoms with Crippen LogP contribution < -0.4 is 16.0 Å². The van der Waals surface area contributed by atoms with Gasteiger partial charge in [-0.1, -0.05) is 29.5 Å². The third kappa shape index (κ3) is 6.19. The number of nitrogens with zero attached hydrogens (tertiary/aromatic N) is 7. The number of H-pyrrole nitrogens is 1. The van der Waals surface area contributed by atoms with Gasteiger partial charge in [-0.15, -0.1) is 5.11 Å². The molecule has 2 aromatic heterocycles. The van der Waals surface area contributed by atoms with Crippen LogP contribution in [0.3, 0.4) is 0 Å². The molecule has 0 radical (unpaired) electrons. The first-order chi connectivity index (χ1) is 18.8. The number of hydrogen-bond acceptors (Lipinski definition) is 8. The average Bonchev–Trinajstić information content (AvgIpc) is 2.92. The van der Waals surface area contributed by atoms with Crippen molar-refractivity contribution < 1.29 is 0 Å². The van der Waals surface area contributed by atoms with Gasteiger partial charge in [0.05, 0.1) is 29.9 Å². The van der Waals surface area contributed by atoms with Gasteiger partial charge in [-0.25, -0.2) is 9.97 Å². The summed E-state index contributed by atoms with van der Waals surface area (Å²) >= 11 is 10.5. The number of benzene rings is 2. The molecule has 0 spiro atoms. The molecule has 200 valence electrons. The molecular formula is C27H30N10S2. The monoisotopic (exact) mass is 558 g/mol. The molecule has 1 saturated heterocycles. The Balaban J connectivity index is 1.55. The molecule has 10 nitrogen and oxygen atoms in total. The van der Waals surface area contributed by atoms with Crippen molar-refractivity contribution >= 4 is 57.8 Å². The Morgan fingerprint density at radius 1 is 1.00 bits per heavy atom. The minimum Gasteiger partial charge on any atom is -0.378 e. The average molecular weight is 559 g/mol. The van der Waals surface area contributed by atoms with Crippen LogP contribution in [0.15, 0.2) is 64.9 Å². The number of nitrogens with two attached hydrogens (primary N) is 1. The number of thiocarbonyl (C=S) groups is 1. The topological polar surface area (TPSA) is 114 Å². The van der Waals surface area contributed by atoms with Crippen LogP contribution >= 0.6 is 24.4 Å². The number of anilines is 2. The van der Waals surface area contributed by atoms with Gasteiger partial charge < -0.3 is 25.8 Å². The van der Waals surface area contributed by atoms with E-state index in [2.05, 4.69) is 66.7 Å². The van der Waals surface area contributed by atoms with Crippen molar-refractivity contribution in [2.45, 2.75) is 0 Å². The second-order valence-corrected chi connectivity index (χ2v) is 10.4. The molecule has 0 atom stereocenters. The molecule has 0 bridgehead atoms. The Bertz CT molecular complexity index is 1570. The van der Waals surface area contributed by atoms with Crippen LogP contribution in [0.25, 0.3) is 33.4 Å². The minimum absolute atomic E-state index is 0.101. The Morgan fingerprint density at radius 3 is 2.31 bits per heavy atom. The highest BCUT2D eigenvalue weighted by atomic mass is 32.1. The molecule has 4 aromatic rings. The third-order valence-electron chi connectivity index (χ3n) is 6.56. The molecule has 39 heavy (non-hydrogen) atoms. The van der Waals surface area contributed by atoms with E-state index in [4.69, 9.17) is 35.2 Å². The molecule has 0 unspecified atom stereocenters. The van der Waals surface area contributed by atoms with Crippen molar-refractivity contribution in [3.8, 4) is 22.4 Å². The summed E-state index contributed by atoms with van der Waals surface area (Å²) in [6.45, 7) is 3.72. The number of hydrogen-bond donors (Lipinski definition) is 3. The normalized spacial score (nSPS) is 14.2. The van der Waals surface area contributed by atoms with Crippen molar-refractivity contribution in [3.63, 3.8) is 0 Å². The summed E-state index contributed by atoms with van der Waals surface area (Å²) in [5.74, 6) is 0.464. The lowest BCUT2D eigenvalue weighted by molar-refractivity contribution is 0.150. The lowest BCUT2D eigenvalue weighted by Crippen LogP contribution is -2.41. The number of fused-ring (bicyclic) bond motifs is 1. The molecule has 1 aliphatic rings. The van der Waals surface area contributed by atoms with E-state index < -0.39 is 0 Å². The predicted octanol–water partition coefficient (Wildman–Crippen LogP) is 4.99. The second kappa shape index (κ2) is 11.4. The number of pyridine rings is 1. The zero-order valence-corrected chi connectivity index (χ0v) is 23.7. The van der Waals surface area contributed by atoms with Crippen LogP contribution in [0, 0.1) is 4.77 Å². The fraction of sp³-hybridized carbons (Fsp3) is 0.259. The first kappa shape index (κ1) is 26.6. The largest absolute Gasteiger partial charge is 0.378 e. The Hall–Kier alpha value is -4.00. The van der Waals surface area contributed by atoms with Gasteiger partial charge in [0, 0.05) is 38.4 Å². The van der Waals surface area contributed by atoms with Gasteiger partial charge in [0.15, 0.2) is 9.88 Å². The maximum Gasteiger partial charge on any atom is 0.200 e. The quantitative estimate of drug-likeness (QED) is 0.222. The predicted molar refractivity (Wildman–Crippen MR) is 164 cm³/mol. The number of piperazine rings is 1. The molecule has 0 aliphatic carbocycles. The summed E-state index contributed by atoms with van der Waals surface area (Å²) < 4.78 is 0.277. The van der Waals surface area contributed by atoms with Crippen LogP contribution in [0.1, 0.15) is 0 Å². The Labute approximate surface area is 237 Å². The van der Waals surface area contributed by atoms with Gasteiger partial charge in [0.2, 0.25) is 0 Å². The molecule has 2 aromatic carbocycles. The van der Waals surface area contributed by atoms with E-state index in [1.807, 2.05) is 49.4 Å². The second-order valence-electron chi connectivity index (χ2n) is 9.59. The van der Waals surface area contributed by atoms with Crippen LogP contribution in [0.2, 0.25) is 0 Å². The van der Waals surface area contributed by atoms with Gasteiger partial charge in [0.25, 0.3) is 0 Å². The van der Waals surface area contributed by atoms with Gasteiger partial charge in [-0.3, -0.25) is 5.01 Å². The molecule has 0 saturated carbocycles. The molecule has 1 aliphatic heterocycles. The molecular weight excluding hydrogens is 529 g/mol.